The number of carbonyl (C=O) groups excluding carboxylic acids is 1. The van der Waals surface area contributed by atoms with Gasteiger partial charge in [0.1, 0.15) is 6.42 Å². The van der Waals surface area contributed by atoms with Crippen LogP contribution in [0.4, 0.5) is 0 Å². The largest absolute Gasteiger partial charge is 0.468 e. The zero-order chi connectivity index (χ0) is 10.4. The van der Waals surface area contributed by atoms with Crippen LogP contribution in [0.2, 0.25) is 5.02 Å². The average molecular weight is 209 g/mol. The molecule has 72 valence electrons. The van der Waals surface area contributed by atoms with E-state index in [1.165, 1.54) is 7.11 Å². The molecule has 14 heavy (non-hydrogen) atoms. The van der Waals surface area contributed by atoms with Crippen molar-refractivity contribution >= 4 is 17.6 Å². The summed E-state index contributed by atoms with van der Waals surface area (Å²) in [6.45, 7) is 0. The molecule has 3 heteroatoms. The summed E-state index contributed by atoms with van der Waals surface area (Å²) < 4.78 is 4.44. The van der Waals surface area contributed by atoms with Crippen molar-refractivity contribution < 1.29 is 9.53 Å². The topological polar surface area (TPSA) is 26.3 Å². The van der Waals surface area contributed by atoms with E-state index in [0.717, 1.165) is 5.56 Å². The van der Waals surface area contributed by atoms with E-state index in [0.29, 0.717) is 5.02 Å². The Balaban J connectivity index is 2.64. The number of benzene rings is 1. The van der Waals surface area contributed by atoms with Gasteiger partial charge in [-0.2, -0.15) is 0 Å². The molecule has 0 radical (unpaired) electrons. The molecule has 0 amide bonds. The van der Waals surface area contributed by atoms with E-state index < -0.39 is 0 Å². The average Bonchev–Trinajstić information content (AvgIpc) is 2.17. The first-order valence-corrected chi connectivity index (χ1v) is 4.41. The van der Waals surface area contributed by atoms with E-state index in [2.05, 4.69) is 16.6 Å². The Morgan fingerprint density at radius 2 is 2.36 bits per heavy atom. The van der Waals surface area contributed by atoms with Crippen LogP contribution in [-0.2, 0) is 9.53 Å². The van der Waals surface area contributed by atoms with Gasteiger partial charge in [-0.1, -0.05) is 29.5 Å². The van der Waals surface area contributed by atoms with E-state index in [1.807, 2.05) is 12.1 Å². The van der Waals surface area contributed by atoms with Crippen molar-refractivity contribution in [3.63, 3.8) is 0 Å². The van der Waals surface area contributed by atoms with Gasteiger partial charge in [0.2, 0.25) is 0 Å². The van der Waals surface area contributed by atoms with Gasteiger partial charge < -0.3 is 4.74 Å². The van der Waals surface area contributed by atoms with E-state index in [4.69, 9.17) is 11.6 Å². The van der Waals surface area contributed by atoms with Crippen molar-refractivity contribution in [2.24, 2.45) is 0 Å². The lowest BCUT2D eigenvalue weighted by Crippen LogP contribution is -1.96. The maximum absolute atomic E-state index is 10.7. The lowest BCUT2D eigenvalue weighted by molar-refractivity contribution is -0.139. The summed E-state index contributed by atoms with van der Waals surface area (Å²) >= 11 is 5.75. The first-order chi connectivity index (χ1) is 6.72. The van der Waals surface area contributed by atoms with Crippen LogP contribution in [0.1, 0.15) is 12.0 Å². The fraction of sp³-hybridized carbons (Fsp3) is 0.182. The van der Waals surface area contributed by atoms with Crippen LogP contribution >= 0.6 is 11.6 Å². The van der Waals surface area contributed by atoms with Crippen LogP contribution in [0.3, 0.4) is 0 Å². The van der Waals surface area contributed by atoms with E-state index in [-0.39, 0.29) is 12.4 Å². The van der Waals surface area contributed by atoms with Crippen molar-refractivity contribution in [2.75, 3.05) is 7.11 Å². The number of halogens is 1. The van der Waals surface area contributed by atoms with Gasteiger partial charge in [0.25, 0.3) is 0 Å². The molecule has 1 aromatic rings. The second-order valence-electron chi connectivity index (χ2n) is 2.57. The highest BCUT2D eigenvalue weighted by Crippen LogP contribution is 2.09. The fourth-order valence-corrected chi connectivity index (χ4v) is 1.05. The molecular formula is C11H9ClO2. The van der Waals surface area contributed by atoms with E-state index >= 15 is 0 Å². The third kappa shape index (κ3) is 3.51. The quantitative estimate of drug-likeness (QED) is 0.523. The molecule has 0 fully saturated rings. The van der Waals surface area contributed by atoms with Crippen LogP contribution in [-0.4, -0.2) is 13.1 Å². The minimum absolute atomic E-state index is 0.100. The molecule has 0 unspecified atom stereocenters. The molecule has 1 aromatic carbocycles. The number of hydrogen-bond donors (Lipinski definition) is 0. The number of rotatable bonds is 1. The molecule has 0 aromatic heterocycles. The van der Waals surface area contributed by atoms with Crippen molar-refractivity contribution in [3.05, 3.63) is 34.9 Å². The van der Waals surface area contributed by atoms with Gasteiger partial charge in [0, 0.05) is 10.6 Å². The van der Waals surface area contributed by atoms with Crippen molar-refractivity contribution in [2.45, 2.75) is 6.42 Å². The third-order valence-electron chi connectivity index (χ3n) is 1.52. The minimum atomic E-state index is -0.334. The number of carbonyl (C=O) groups is 1. The van der Waals surface area contributed by atoms with E-state index in [1.54, 1.807) is 12.1 Å². The van der Waals surface area contributed by atoms with Crippen molar-refractivity contribution in [3.8, 4) is 11.8 Å². The number of hydrogen-bond acceptors (Lipinski definition) is 2. The van der Waals surface area contributed by atoms with Crippen LogP contribution < -0.4 is 0 Å². The molecule has 0 heterocycles. The molecule has 0 bridgehead atoms. The molecule has 2 nitrogen and oxygen atoms in total. The van der Waals surface area contributed by atoms with Gasteiger partial charge in [0.05, 0.1) is 7.11 Å². The van der Waals surface area contributed by atoms with Gasteiger partial charge in [-0.15, -0.1) is 0 Å². The number of ether oxygens (including phenoxy) is 1. The molecule has 0 saturated carbocycles. The second-order valence-corrected chi connectivity index (χ2v) is 3.00. The van der Waals surface area contributed by atoms with Crippen LogP contribution in [0.15, 0.2) is 24.3 Å². The minimum Gasteiger partial charge on any atom is -0.468 e. The standard InChI is InChI=1S/C11H9ClO2/c1-14-11(13)7-3-5-9-4-2-6-10(12)8-9/h2,4,6,8H,7H2,1H3. The van der Waals surface area contributed by atoms with Gasteiger partial charge in [0.15, 0.2) is 0 Å². The molecule has 0 aliphatic heterocycles. The Morgan fingerprint density at radius 1 is 1.57 bits per heavy atom. The van der Waals surface area contributed by atoms with Gasteiger partial charge in [-0.25, -0.2) is 0 Å². The Bertz CT molecular complexity index is 388. The maximum atomic E-state index is 10.7. The smallest absolute Gasteiger partial charge is 0.317 e. The zero-order valence-corrected chi connectivity index (χ0v) is 8.47. The summed E-state index contributed by atoms with van der Waals surface area (Å²) in [5.41, 5.74) is 0.793. The van der Waals surface area contributed by atoms with Crippen LogP contribution in [0.25, 0.3) is 0 Å². The zero-order valence-electron chi connectivity index (χ0n) is 7.71. The highest BCUT2D eigenvalue weighted by atomic mass is 35.5. The summed E-state index contributed by atoms with van der Waals surface area (Å²) in [5.74, 6) is 5.18. The number of esters is 1. The Hall–Kier alpha value is -1.46. The first-order valence-electron chi connectivity index (χ1n) is 4.03. The highest BCUT2D eigenvalue weighted by Gasteiger charge is 1.93. The molecule has 0 spiro atoms. The predicted molar refractivity (Wildman–Crippen MR) is 55.0 cm³/mol. The van der Waals surface area contributed by atoms with Gasteiger partial charge in [-0.05, 0) is 18.2 Å². The molecule has 0 saturated heterocycles. The number of methoxy groups -OCH3 is 1. The van der Waals surface area contributed by atoms with Crippen molar-refractivity contribution in [1.29, 1.82) is 0 Å². The summed E-state index contributed by atoms with van der Waals surface area (Å²) in [7, 11) is 1.34. The predicted octanol–water partition coefficient (Wildman–Crippen LogP) is 2.25. The van der Waals surface area contributed by atoms with Crippen LogP contribution in [0, 0.1) is 11.8 Å². The monoisotopic (exact) mass is 208 g/mol. The summed E-state index contributed by atoms with van der Waals surface area (Å²) in [6, 6.07) is 7.15. The van der Waals surface area contributed by atoms with Gasteiger partial charge in [-0.3, -0.25) is 4.79 Å². The fourth-order valence-electron chi connectivity index (χ4n) is 0.857. The normalized spacial score (nSPS) is 8.71. The summed E-state index contributed by atoms with van der Waals surface area (Å²) in [5, 5.41) is 0.634. The Morgan fingerprint density at radius 3 is 3.00 bits per heavy atom. The van der Waals surface area contributed by atoms with Gasteiger partial charge >= 0.3 is 5.97 Å². The molecule has 0 N–H and O–H groups in total. The second kappa shape index (κ2) is 5.31. The van der Waals surface area contributed by atoms with E-state index in [9.17, 15) is 4.79 Å². The van der Waals surface area contributed by atoms with Crippen LogP contribution in [0.5, 0.6) is 0 Å². The SMILES string of the molecule is COC(=O)CC#Cc1cccc(Cl)c1. The summed E-state index contributed by atoms with van der Waals surface area (Å²) in [4.78, 5) is 10.7. The van der Waals surface area contributed by atoms with Crippen molar-refractivity contribution in [1.82, 2.24) is 0 Å². The lowest BCUT2D eigenvalue weighted by Gasteiger charge is -1.91. The lowest BCUT2D eigenvalue weighted by atomic mass is 10.2. The molecule has 1 rings (SSSR count). The third-order valence-corrected chi connectivity index (χ3v) is 1.75. The highest BCUT2D eigenvalue weighted by molar-refractivity contribution is 6.30. The first kappa shape index (κ1) is 10.6. The summed E-state index contributed by atoms with van der Waals surface area (Å²) in [6.07, 6.45) is 0.100. The molecule has 0 aliphatic carbocycles. The molecular weight excluding hydrogens is 200 g/mol. The Labute approximate surface area is 87.8 Å². The molecule has 0 atom stereocenters. The molecule has 0 aliphatic rings. The maximum Gasteiger partial charge on any atom is 0.317 e. The Kier molecular flexibility index (Phi) is 4.03.